The molecule has 0 saturated carbocycles. The fourth-order valence-corrected chi connectivity index (χ4v) is 1.89. The minimum absolute atomic E-state index is 0.483. The molecule has 0 atom stereocenters. The number of aromatic nitrogens is 1. The Kier molecular flexibility index (Phi) is 5.11. The molecule has 1 aromatic heterocycles. The lowest BCUT2D eigenvalue weighted by atomic mass is 10.3. The molecule has 0 saturated heterocycles. The summed E-state index contributed by atoms with van der Waals surface area (Å²) in [5.41, 5.74) is 4.30. The highest BCUT2D eigenvalue weighted by Crippen LogP contribution is 2.12. The molecule has 0 amide bonds. The van der Waals surface area contributed by atoms with E-state index < -0.39 is 0 Å². The van der Waals surface area contributed by atoms with E-state index in [1.54, 1.807) is 42.6 Å². The zero-order valence-electron chi connectivity index (χ0n) is 10.4. The van der Waals surface area contributed by atoms with Gasteiger partial charge >= 0.3 is 0 Å². The fraction of sp³-hybridized carbons (Fsp3) is 0.0769. The van der Waals surface area contributed by atoms with E-state index in [0.717, 1.165) is 11.4 Å². The van der Waals surface area contributed by atoms with Crippen LogP contribution in [0.1, 0.15) is 5.69 Å². The summed E-state index contributed by atoms with van der Waals surface area (Å²) in [7, 11) is 0. The third kappa shape index (κ3) is 4.34. The monoisotopic (exact) mass is 308 g/mol. The average molecular weight is 309 g/mol. The van der Waals surface area contributed by atoms with Crippen molar-refractivity contribution in [3.63, 3.8) is 0 Å². The van der Waals surface area contributed by atoms with Crippen LogP contribution in [0.2, 0.25) is 5.02 Å². The summed E-state index contributed by atoms with van der Waals surface area (Å²) in [5, 5.41) is 15.9. The quantitative estimate of drug-likeness (QED) is 0.514. The first-order chi connectivity index (χ1) is 9.67. The molecule has 20 heavy (non-hydrogen) atoms. The number of nitrogens with zero attached hydrogens (tertiary/aromatic N) is 1. The van der Waals surface area contributed by atoms with Crippen LogP contribution < -0.4 is 16.1 Å². The largest absolute Gasteiger partial charge is 0.357 e. The van der Waals surface area contributed by atoms with Crippen molar-refractivity contribution in [1.82, 2.24) is 10.3 Å². The minimum atomic E-state index is 0.483. The first-order valence-corrected chi connectivity index (χ1v) is 6.61. The van der Waals surface area contributed by atoms with Gasteiger partial charge in [-0.1, -0.05) is 11.6 Å². The van der Waals surface area contributed by atoms with Crippen LogP contribution >= 0.6 is 23.8 Å². The number of pyridine rings is 1. The summed E-state index contributed by atoms with van der Waals surface area (Å²) >= 11 is 11.1. The molecule has 2 rings (SSSR count). The van der Waals surface area contributed by atoms with E-state index in [1.807, 2.05) is 0 Å². The van der Waals surface area contributed by atoms with E-state index in [1.165, 1.54) is 0 Å². The van der Waals surface area contributed by atoms with Gasteiger partial charge < -0.3 is 10.6 Å². The molecular formula is C13H13ClN4OS. The van der Waals surface area contributed by atoms with E-state index in [0.29, 0.717) is 22.4 Å². The molecule has 5 nitrogen and oxygen atoms in total. The third-order valence-electron chi connectivity index (χ3n) is 2.48. The summed E-state index contributed by atoms with van der Waals surface area (Å²) < 4.78 is 0. The van der Waals surface area contributed by atoms with Crippen LogP contribution in [0.4, 0.5) is 11.4 Å². The van der Waals surface area contributed by atoms with E-state index in [9.17, 15) is 0 Å². The molecule has 1 aromatic carbocycles. The maximum Gasteiger partial charge on any atom is 0.171 e. The predicted octanol–water partition coefficient (Wildman–Crippen LogP) is 3.02. The van der Waals surface area contributed by atoms with Gasteiger partial charge in [-0.2, -0.15) is 0 Å². The zero-order chi connectivity index (χ0) is 14.4. The van der Waals surface area contributed by atoms with Gasteiger partial charge in [0.2, 0.25) is 0 Å². The molecule has 4 N–H and O–H groups in total. The van der Waals surface area contributed by atoms with Crippen molar-refractivity contribution in [3.05, 3.63) is 53.3 Å². The van der Waals surface area contributed by atoms with Gasteiger partial charge in [-0.3, -0.25) is 15.7 Å². The van der Waals surface area contributed by atoms with Crippen molar-refractivity contribution >= 4 is 40.3 Å². The Morgan fingerprint density at radius 2 is 1.90 bits per heavy atom. The number of thiocarbonyl (C=S) groups is 1. The van der Waals surface area contributed by atoms with Crippen molar-refractivity contribution in [3.8, 4) is 0 Å². The summed E-state index contributed by atoms with van der Waals surface area (Å²) in [5.74, 6) is 0. The third-order valence-corrected chi connectivity index (χ3v) is 2.96. The average Bonchev–Trinajstić information content (AvgIpc) is 2.46. The summed E-state index contributed by atoms with van der Waals surface area (Å²) in [6.07, 6.45) is 1.65. The molecule has 0 aliphatic carbocycles. The SMILES string of the molecule is ONc1ccc(NC(=S)NCc2cc(Cl)ccn2)cc1. The molecule has 0 bridgehead atoms. The van der Waals surface area contributed by atoms with Crippen LogP contribution in [0.15, 0.2) is 42.6 Å². The Labute approximate surface area is 126 Å². The van der Waals surface area contributed by atoms with E-state index in [-0.39, 0.29) is 0 Å². The Bertz CT molecular complexity index is 591. The number of rotatable bonds is 4. The molecule has 0 aliphatic heterocycles. The van der Waals surface area contributed by atoms with Crippen molar-refractivity contribution in [2.75, 3.05) is 10.8 Å². The normalized spacial score (nSPS) is 9.90. The standard InChI is InChI=1S/C13H13ClN4OS/c14-9-5-6-15-12(7-9)8-16-13(20)17-10-1-3-11(18-19)4-2-10/h1-7,18-19H,8H2,(H2,16,17,20). The lowest BCUT2D eigenvalue weighted by molar-refractivity contribution is 0.389. The number of hydrogen-bond donors (Lipinski definition) is 4. The number of benzene rings is 1. The number of nitrogens with one attached hydrogen (secondary N) is 3. The first kappa shape index (κ1) is 14.5. The molecule has 104 valence electrons. The highest BCUT2D eigenvalue weighted by atomic mass is 35.5. The van der Waals surface area contributed by atoms with Crippen molar-refractivity contribution in [1.29, 1.82) is 0 Å². The number of halogens is 1. The summed E-state index contributed by atoms with van der Waals surface area (Å²) in [6, 6.07) is 10.5. The molecule has 1 heterocycles. The lowest BCUT2D eigenvalue weighted by Gasteiger charge is -2.10. The van der Waals surface area contributed by atoms with E-state index in [2.05, 4.69) is 21.1 Å². The van der Waals surface area contributed by atoms with Gasteiger partial charge in [0.25, 0.3) is 0 Å². The number of hydrogen-bond acceptors (Lipinski definition) is 4. The van der Waals surface area contributed by atoms with Gasteiger partial charge in [-0.25, -0.2) is 0 Å². The number of anilines is 2. The van der Waals surface area contributed by atoms with Gasteiger partial charge in [0.15, 0.2) is 5.11 Å². The highest BCUT2D eigenvalue weighted by Gasteiger charge is 2.00. The van der Waals surface area contributed by atoms with Gasteiger partial charge in [0.1, 0.15) is 0 Å². The molecule has 0 radical (unpaired) electrons. The molecule has 2 aromatic rings. The van der Waals surface area contributed by atoms with Gasteiger partial charge in [0, 0.05) is 16.9 Å². The van der Waals surface area contributed by atoms with Crippen molar-refractivity contribution < 1.29 is 5.21 Å². The highest BCUT2D eigenvalue weighted by molar-refractivity contribution is 7.80. The maximum atomic E-state index is 8.72. The molecule has 0 unspecified atom stereocenters. The van der Waals surface area contributed by atoms with E-state index >= 15 is 0 Å². The van der Waals surface area contributed by atoms with Gasteiger partial charge in [-0.05, 0) is 48.6 Å². The topological polar surface area (TPSA) is 69.2 Å². The van der Waals surface area contributed by atoms with Gasteiger partial charge in [0.05, 0.1) is 17.9 Å². The zero-order valence-corrected chi connectivity index (χ0v) is 12.0. The lowest BCUT2D eigenvalue weighted by Crippen LogP contribution is -2.28. The van der Waals surface area contributed by atoms with Gasteiger partial charge in [-0.15, -0.1) is 0 Å². The van der Waals surface area contributed by atoms with Crippen LogP contribution in [-0.4, -0.2) is 15.3 Å². The van der Waals surface area contributed by atoms with Crippen molar-refractivity contribution in [2.45, 2.75) is 6.54 Å². The van der Waals surface area contributed by atoms with Crippen LogP contribution in [0.3, 0.4) is 0 Å². The van der Waals surface area contributed by atoms with Crippen LogP contribution in [0, 0.1) is 0 Å². The van der Waals surface area contributed by atoms with Crippen molar-refractivity contribution in [2.24, 2.45) is 0 Å². The minimum Gasteiger partial charge on any atom is -0.357 e. The molecule has 0 spiro atoms. The molecular weight excluding hydrogens is 296 g/mol. The fourth-order valence-electron chi connectivity index (χ4n) is 1.52. The predicted molar refractivity (Wildman–Crippen MR) is 84.2 cm³/mol. The molecule has 0 aliphatic rings. The van der Waals surface area contributed by atoms with Crippen LogP contribution in [0.25, 0.3) is 0 Å². The Balaban J connectivity index is 1.85. The maximum absolute atomic E-state index is 8.72. The Morgan fingerprint density at radius 1 is 1.20 bits per heavy atom. The van der Waals surface area contributed by atoms with E-state index in [4.69, 9.17) is 29.0 Å². The second-order valence-corrected chi connectivity index (χ2v) is 4.81. The Morgan fingerprint density at radius 3 is 2.55 bits per heavy atom. The molecule has 7 heteroatoms. The Hall–Kier alpha value is -1.89. The molecule has 0 fully saturated rings. The summed E-state index contributed by atoms with van der Waals surface area (Å²) in [6.45, 7) is 0.489. The van der Waals surface area contributed by atoms with Crippen LogP contribution in [-0.2, 0) is 6.54 Å². The van der Waals surface area contributed by atoms with Crippen LogP contribution in [0.5, 0.6) is 0 Å². The smallest absolute Gasteiger partial charge is 0.171 e. The second kappa shape index (κ2) is 7.04. The summed E-state index contributed by atoms with van der Waals surface area (Å²) in [4.78, 5) is 4.17. The first-order valence-electron chi connectivity index (χ1n) is 5.83. The second-order valence-electron chi connectivity index (χ2n) is 3.96.